The van der Waals surface area contributed by atoms with Crippen LogP contribution in [-0.2, 0) is 23.8 Å². The number of carbonyl (C=O) groups excluding carboxylic acids is 1. The predicted octanol–water partition coefficient (Wildman–Crippen LogP) is 7.87. The summed E-state index contributed by atoms with van der Waals surface area (Å²) in [5.74, 6) is 0.702. The van der Waals surface area contributed by atoms with Crippen LogP contribution in [0, 0.1) is 11.3 Å². The van der Waals surface area contributed by atoms with Gasteiger partial charge in [0.15, 0.2) is 0 Å². The van der Waals surface area contributed by atoms with Crippen LogP contribution in [0.15, 0.2) is 18.3 Å². The van der Waals surface area contributed by atoms with Gasteiger partial charge in [-0.15, -0.1) is 0 Å². The van der Waals surface area contributed by atoms with Crippen molar-refractivity contribution < 1.29 is 18.0 Å². The number of hydrogen-bond acceptors (Lipinski definition) is 4. The Labute approximate surface area is 211 Å². The van der Waals surface area contributed by atoms with Gasteiger partial charge in [-0.3, -0.25) is 14.8 Å². The first kappa shape index (κ1) is 26.3. The van der Waals surface area contributed by atoms with Crippen molar-refractivity contribution in [3.63, 3.8) is 0 Å². The molecule has 0 N–H and O–H groups in total. The maximum Gasteiger partial charge on any atom is 0.433 e. The SMILES string of the molecule is N#Cc1c(C2CCCC2)nc2c(c1-c1ccnc(C(F)(F)F)c1)CCCCC2.O=C1CCCCCC1. The molecule has 3 aliphatic carbocycles. The maximum atomic E-state index is 13.3. The number of fused-ring (bicyclic) bond motifs is 1. The number of pyridine rings is 2. The molecule has 0 bridgehead atoms. The fourth-order valence-electron chi connectivity index (χ4n) is 5.73. The Morgan fingerprint density at radius 3 is 2.19 bits per heavy atom. The highest BCUT2D eigenvalue weighted by molar-refractivity contribution is 5.78. The molecule has 36 heavy (non-hydrogen) atoms. The van der Waals surface area contributed by atoms with Crippen molar-refractivity contribution in [2.24, 2.45) is 0 Å². The van der Waals surface area contributed by atoms with Crippen molar-refractivity contribution in [2.75, 3.05) is 0 Å². The first-order chi connectivity index (χ1) is 17.4. The number of hydrogen-bond donors (Lipinski definition) is 0. The van der Waals surface area contributed by atoms with E-state index in [9.17, 15) is 23.2 Å². The van der Waals surface area contributed by atoms with E-state index in [-0.39, 0.29) is 5.92 Å². The molecule has 0 saturated heterocycles. The van der Waals surface area contributed by atoms with Crippen molar-refractivity contribution in [1.29, 1.82) is 5.26 Å². The Morgan fingerprint density at radius 1 is 0.889 bits per heavy atom. The minimum Gasteiger partial charge on any atom is -0.300 e. The van der Waals surface area contributed by atoms with E-state index in [0.29, 0.717) is 22.5 Å². The van der Waals surface area contributed by atoms with E-state index in [1.54, 1.807) is 6.07 Å². The highest BCUT2D eigenvalue weighted by atomic mass is 19.4. The van der Waals surface area contributed by atoms with Crippen LogP contribution in [0.1, 0.15) is 118 Å². The second-order valence-electron chi connectivity index (χ2n) is 10.2. The molecule has 3 aliphatic rings. The summed E-state index contributed by atoms with van der Waals surface area (Å²) < 4.78 is 39.8. The van der Waals surface area contributed by atoms with Gasteiger partial charge in [-0.1, -0.05) is 32.1 Å². The molecule has 2 aromatic heterocycles. The second kappa shape index (κ2) is 12.0. The first-order valence-electron chi connectivity index (χ1n) is 13.4. The Morgan fingerprint density at radius 2 is 1.53 bits per heavy atom. The van der Waals surface area contributed by atoms with Crippen molar-refractivity contribution in [3.8, 4) is 17.2 Å². The zero-order valence-electron chi connectivity index (χ0n) is 20.8. The average Bonchev–Trinajstić information content (AvgIpc) is 3.16. The lowest BCUT2D eigenvalue weighted by atomic mass is 9.87. The fraction of sp³-hybridized carbons (Fsp3) is 0.586. The molecule has 0 spiro atoms. The van der Waals surface area contributed by atoms with Gasteiger partial charge in [-0.2, -0.15) is 18.4 Å². The first-order valence-corrected chi connectivity index (χ1v) is 13.4. The zero-order chi connectivity index (χ0) is 25.5. The van der Waals surface area contributed by atoms with E-state index in [2.05, 4.69) is 11.1 Å². The predicted molar refractivity (Wildman–Crippen MR) is 132 cm³/mol. The summed E-state index contributed by atoms with van der Waals surface area (Å²) in [5, 5.41) is 9.99. The number of nitriles is 1. The second-order valence-corrected chi connectivity index (χ2v) is 10.2. The van der Waals surface area contributed by atoms with Gasteiger partial charge in [-0.05, 0) is 74.6 Å². The standard InChI is InChI=1S/C22H22F3N3.C7H12O/c23-22(24,25)19-12-15(10-11-27-19)20-16-8-2-1-3-9-18(16)28-21(17(20)13-26)14-6-4-5-7-14;8-7-5-3-1-2-4-6-7/h10-12,14H,1-9H2;1-6H2. The van der Waals surface area contributed by atoms with Gasteiger partial charge in [0.1, 0.15) is 17.5 Å². The molecule has 2 fully saturated rings. The monoisotopic (exact) mass is 497 g/mol. The molecule has 4 nitrogen and oxygen atoms in total. The average molecular weight is 498 g/mol. The molecule has 0 atom stereocenters. The van der Waals surface area contributed by atoms with Gasteiger partial charge in [0.2, 0.25) is 0 Å². The molecule has 0 radical (unpaired) electrons. The number of halogens is 3. The Kier molecular flexibility index (Phi) is 8.77. The van der Waals surface area contributed by atoms with Crippen molar-refractivity contribution >= 4 is 5.78 Å². The number of carbonyl (C=O) groups is 1. The van der Waals surface area contributed by atoms with E-state index >= 15 is 0 Å². The molecule has 2 aromatic rings. The fourth-order valence-corrected chi connectivity index (χ4v) is 5.73. The number of aromatic nitrogens is 2. The Bertz CT molecular complexity index is 1100. The third kappa shape index (κ3) is 6.32. The van der Waals surface area contributed by atoms with E-state index in [4.69, 9.17) is 4.98 Å². The van der Waals surface area contributed by atoms with Crippen LogP contribution in [0.4, 0.5) is 13.2 Å². The van der Waals surface area contributed by atoms with Crippen LogP contribution < -0.4 is 0 Å². The molecular formula is C29H34F3N3O. The summed E-state index contributed by atoms with van der Waals surface area (Å²) in [7, 11) is 0. The molecule has 0 amide bonds. The van der Waals surface area contributed by atoms with Gasteiger partial charge < -0.3 is 0 Å². The van der Waals surface area contributed by atoms with E-state index < -0.39 is 11.9 Å². The highest BCUT2D eigenvalue weighted by Crippen LogP contribution is 2.42. The van der Waals surface area contributed by atoms with Gasteiger partial charge in [0.25, 0.3) is 0 Å². The Balaban J connectivity index is 0.000000325. The third-order valence-electron chi connectivity index (χ3n) is 7.61. The van der Waals surface area contributed by atoms with E-state index in [1.165, 1.54) is 19.0 Å². The van der Waals surface area contributed by atoms with Crippen LogP contribution in [0.25, 0.3) is 11.1 Å². The largest absolute Gasteiger partial charge is 0.433 e. The zero-order valence-corrected chi connectivity index (χ0v) is 20.8. The minimum absolute atomic E-state index is 0.228. The van der Waals surface area contributed by atoms with E-state index in [1.807, 2.05) is 0 Å². The maximum absolute atomic E-state index is 13.3. The van der Waals surface area contributed by atoms with Crippen LogP contribution >= 0.6 is 0 Å². The summed E-state index contributed by atoms with van der Waals surface area (Å²) in [6.07, 6.45) is 12.0. The molecule has 0 unspecified atom stereocenters. The number of aryl methyl sites for hydroxylation is 1. The lowest BCUT2D eigenvalue weighted by molar-refractivity contribution is -0.141. The lowest BCUT2D eigenvalue weighted by Crippen LogP contribution is -2.11. The molecule has 0 aliphatic heterocycles. The van der Waals surface area contributed by atoms with Crippen molar-refractivity contribution in [3.05, 3.63) is 46.5 Å². The van der Waals surface area contributed by atoms with E-state index in [0.717, 1.165) is 106 Å². The number of Topliss-reactive ketones (excluding diaryl/α,β-unsaturated/α-hetero) is 1. The highest BCUT2D eigenvalue weighted by Gasteiger charge is 2.34. The summed E-state index contributed by atoms with van der Waals surface area (Å²) in [6, 6.07) is 4.98. The van der Waals surface area contributed by atoms with Gasteiger partial charge in [-0.25, -0.2) is 0 Å². The van der Waals surface area contributed by atoms with Crippen molar-refractivity contribution in [1.82, 2.24) is 9.97 Å². The van der Waals surface area contributed by atoms with Gasteiger partial charge in [0.05, 0.1) is 11.3 Å². The minimum atomic E-state index is -4.51. The third-order valence-corrected chi connectivity index (χ3v) is 7.61. The molecule has 7 heteroatoms. The van der Waals surface area contributed by atoms with Crippen LogP contribution in [0.2, 0.25) is 0 Å². The normalized spacial score (nSPS) is 18.9. The smallest absolute Gasteiger partial charge is 0.300 e. The molecule has 0 aromatic carbocycles. The molecule has 2 saturated carbocycles. The lowest BCUT2D eigenvalue weighted by Gasteiger charge is -2.20. The van der Waals surface area contributed by atoms with Gasteiger partial charge >= 0.3 is 6.18 Å². The number of nitrogens with zero attached hydrogens (tertiary/aromatic N) is 3. The van der Waals surface area contributed by atoms with Crippen LogP contribution in [0.5, 0.6) is 0 Å². The molecule has 192 valence electrons. The van der Waals surface area contributed by atoms with Gasteiger partial charge in [0, 0.05) is 36.2 Å². The number of rotatable bonds is 2. The number of ketones is 1. The van der Waals surface area contributed by atoms with Crippen LogP contribution in [-0.4, -0.2) is 15.8 Å². The quantitative estimate of drug-likeness (QED) is 0.313. The number of alkyl halides is 3. The van der Waals surface area contributed by atoms with Crippen molar-refractivity contribution in [2.45, 2.75) is 108 Å². The van der Waals surface area contributed by atoms with Crippen LogP contribution in [0.3, 0.4) is 0 Å². The molecule has 2 heterocycles. The summed E-state index contributed by atoms with van der Waals surface area (Å²) in [5.41, 5.74) is 3.35. The molecule has 5 rings (SSSR count). The Hall–Kier alpha value is -2.75. The molecular weight excluding hydrogens is 463 g/mol. The summed E-state index contributed by atoms with van der Waals surface area (Å²) in [6.45, 7) is 0. The summed E-state index contributed by atoms with van der Waals surface area (Å²) in [4.78, 5) is 19.1. The topological polar surface area (TPSA) is 66.6 Å². The summed E-state index contributed by atoms with van der Waals surface area (Å²) >= 11 is 0.